The van der Waals surface area contributed by atoms with E-state index in [9.17, 15) is 22.8 Å². The molecule has 3 aromatic carbocycles. The van der Waals surface area contributed by atoms with Gasteiger partial charge in [-0.2, -0.15) is 0 Å². The van der Waals surface area contributed by atoms with Crippen LogP contribution >= 0.6 is 0 Å². The van der Waals surface area contributed by atoms with Gasteiger partial charge in [-0.3, -0.25) is 9.59 Å². The second-order valence-corrected chi connectivity index (χ2v) is 9.53. The molecular weight excluding hydrogens is 468 g/mol. The number of sulfonamides is 1. The number of rotatable bonds is 11. The van der Waals surface area contributed by atoms with Crippen LogP contribution in [0.4, 0.5) is 0 Å². The van der Waals surface area contributed by atoms with Crippen LogP contribution < -0.4 is 10.0 Å². The third-order valence-corrected chi connectivity index (χ3v) is 6.49. The minimum Gasteiger partial charge on any atom is -0.454 e. The van der Waals surface area contributed by atoms with E-state index in [1.165, 1.54) is 31.2 Å². The molecule has 9 heteroatoms. The monoisotopic (exact) mass is 494 g/mol. The van der Waals surface area contributed by atoms with Gasteiger partial charge in [0.25, 0.3) is 0 Å². The number of benzene rings is 3. The molecule has 0 spiro atoms. The summed E-state index contributed by atoms with van der Waals surface area (Å²) in [6.45, 7) is 1.57. The van der Waals surface area contributed by atoms with Gasteiger partial charge in [0, 0.05) is 25.6 Å². The van der Waals surface area contributed by atoms with E-state index in [-0.39, 0.29) is 28.7 Å². The Balaban J connectivity index is 1.55. The molecule has 8 nitrogen and oxygen atoms in total. The summed E-state index contributed by atoms with van der Waals surface area (Å²) in [6, 6.07) is 21.3. The van der Waals surface area contributed by atoms with Crippen molar-refractivity contribution in [2.24, 2.45) is 0 Å². The highest BCUT2D eigenvalue weighted by atomic mass is 32.2. The number of carbonyl (C=O) groups is 3. The molecule has 0 atom stereocenters. The molecule has 35 heavy (non-hydrogen) atoms. The minimum atomic E-state index is -3.85. The summed E-state index contributed by atoms with van der Waals surface area (Å²) in [5.41, 5.74) is 2.15. The first-order chi connectivity index (χ1) is 16.7. The SMILES string of the molecule is CC(=O)NCCc1ccc(C(=O)COC(=O)c2cccc(S(=O)(=O)NCc3ccccc3)c2)cc1. The van der Waals surface area contributed by atoms with Gasteiger partial charge < -0.3 is 10.1 Å². The van der Waals surface area contributed by atoms with Crippen molar-refractivity contribution < 1.29 is 27.5 Å². The van der Waals surface area contributed by atoms with Gasteiger partial charge in [0.2, 0.25) is 15.9 Å². The summed E-state index contributed by atoms with van der Waals surface area (Å²) in [5.74, 6) is -1.30. The first kappa shape index (κ1) is 25.8. The van der Waals surface area contributed by atoms with Gasteiger partial charge in [-0.25, -0.2) is 17.9 Å². The highest BCUT2D eigenvalue weighted by molar-refractivity contribution is 7.89. The van der Waals surface area contributed by atoms with Crippen LogP contribution in [0.5, 0.6) is 0 Å². The molecule has 0 aliphatic heterocycles. The Morgan fingerprint density at radius 2 is 1.54 bits per heavy atom. The van der Waals surface area contributed by atoms with Gasteiger partial charge in [-0.1, -0.05) is 60.7 Å². The molecule has 0 heterocycles. The van der Waals surface area contributed by atoms with Gasteiger partial charge in [-0.15, -0.1) is 0 Å². The number of nitrogens with one attached hydrogen (secondary N) is 2. The van der Waals surface area contributed by atoms with E-state index in [2.05, 4.69) is 10.0 Å². The van der Waals surface area contributed by atoms with Crippen LogP contribution in [0, 0.1) is 0 Å². The van der Waals surface area contributed by atoms with Crippen molar-refractivity contribution in [3.05, 3.63) is 101 Å². The fourth-order valence-corrected chi connectivity index (χ4v) is 4.25. The molecule has 3 aromatic rings. The summed E-state index contributed by atoms with van der Waals surface area (Å²) >= 11 is 0. The molecule has 182 valence electrons. The minimum absolute atomic E-state index is 0.0219. The lowest BCUT2D eigenvalue weighted by Gasteiger charge is -2.09. The molecule has 3 rings (SSSR count). The molecule has 0 fully saturated rings. The highest BCUT2D eigenvalue weighted by Gasteiger charge is 2.18. The van der Waals surface area contributed by atoms with Gasteiger partial charge in [0.15, 0.2) is 12.4 Å². The summed E-state index contributed by atoms with van der Waals surface area (Å²) in [6.07, 6.45) is 0.627. The lowest BCUT2D eigenvalue weighted by Crippen LogP contribution is -2.23. The average molecular weight is 495 g/mol. The average Bonchev–Trinajstić information content (AvgIpc) is 2.87. The predicted octanol–water partition coefficient (Wildman–Crippen LogP) is 2.88. The number of hydrogen-bond donors (Lipinski definition) is 2. The van der Waals surface area contributed by atoms with Crippen LogP contribution in [0.1, 0.15) is 38.8 Å². The smallest absolute Gasteiger partial charge is 0.338 e. The normalized spacial score (nSPS) is 11.0. The fourth-order valence-electron chi connectivity index (χ4n) is 3.19. The van der Waals surface area contributed by atoms with Crippen LogP contribution in [0.15, 0.2) is 83.8 Å². The number of ketones is 1. The molecule has 0 aromatic heterocycles. The third-order valence-electron chi connectivity index (χ3n) is 5.09. The van der Waals surface area contributed by atoms with Gasteiger partial charge in [0.1, 0.15) is 0 Å². The zero-order valence-corrected chi connectivity index (χ0v) is 20.0. The van der Waals surface area contributed by atoms with Crippen LogP contribution in [0.2, 0.25) is 0 Å². The number of Topliss-reactive ketones (excluding diaryl/α,β-unsaturated/α-hetero) is 1. The lowest BCUT2D eigenvalue weighted by atomic mass is 10.1. The molecule has 0 bridgehead atoms. The van der Waals surface area contributed by atoms with E-state index >= 15 is 0 Å². The molecule has 2 N–H and O–H groups in total. The molecule has 1 amide bonds. The van der Waals surface area contributed by atoms with Crippen molar-refractivity contribution in [3.8, 4) is 0 Å². The molecule has 0 aliphatic rings. The standard InChI is InChI=1S/C26H26N2O6S/c1-19(29)27-15-14-20-10-12-22(13-11-20)25(30)18-34-26(31)23-8-5-9-24(16-23)35(32,33)28-17-21-6-3-2-4-7-21/h2-13,16,28H,14-15,17-18H2,1H3,(H,27,29). The molecule has 0 aliphatic carbocycles. The zero-order chi connectivity index (χ0) is 25.3. The van der Waals surface area contributed by atoms with Gasteiger partial charge in [-0.05, 0) is 35.7 Å². The Morgan fingerprint density at radius 1 is 0.829 bits per heavy atom. The number of ether oxygens (including phenoxy) is 1. The van der Waals surface area contributed by atoms with Crippen molar-refractivity contribution >= 4 is 27.7 Å². The van der Waals surface area contributed by atoms with E-state index in [1.807, 2.05) is 18.2 Å². The lowest BCUT2D eigenvalue weighted by molar-refractivity contribution is -0.118. The van der Waals surface area contributed by atoms with Crippen LogP contribution in [0.25, 0.3) is 0 Å². The first-order valence-electron chi connectivity index (χ1n) is 10.9. The number of hydrogen-bond acceptors (Lipinski definition) is 6. The number of amides is 1. The molecule has 0 radical (unpaired) electrons. The van der Waals surface area contributed by atoms with E-state index in [0.29, 0.717) is 18.5 Å². The second-order valence-electron chi connectivity index (χ2n) is 7.77. The summed E-state index contributed by atoms with van der Waals surface area (Å²) in [5, 5.41) is 2.70. The molecule has 0 saturated heterocycles. The Labute approximate surface area is 204 Å². The fraction of sp³-hybridized carbons (Fsp3) is 0.192. The van der Waals surface area contributed by atoms with Crippen molar-refractivity contribution in [2.75, 3.05) is 13.2 Å². The van der Waals surface area contributed by atoms with Crippen molar-refractivity contribution in [2.45, 2.75) is 24.8 Å². The van der Waals surface area contributed by atoms with Gasteiger partial charge in [0.05, 0.1) is 10.5 Å². The van der Waals surface area contributed by atoms with E-state index < -0.39 is 22.6 Å². The largest absolute Gasteiger partial charge is 0.454 e. The summed E-state index contributed by atoms with van der Waals surface area (Å²) < 4.78 is 32.8. The summed E-state index contributed by atoms with van der Waals surface area (Å²) in [4.78, 5) is 35.7. The topological polar surface area (TPSA) is 119 Å². The first-order valence-corrected chi connectivity index (χ1v) is 12.4. The number of esters is 1. The molecular formula is C26H26N2O6S. The summed E-state index contributed by atoms with van der Waals surface area (Å²) in [7, 11) is -3.85. The van der Waals surface area contributed by atoms with E-state index in [1.54, 1.807) is 36.4 Å². The van der Waals surface area contributed by atoms with Gasteiger partial charge >= 0.3 is 5.97 Å². The Hall–Kier alpha value is -3.82. The maximum Gasteiger partial charge on any atom is 0.338 e. The van der Waals surface area contributed by atoms with Crippen molar-refractivity contribution in [1.82, 2.24) is 10.0 Å². The molecule has 0 unspecified atom stereocenters. The van der Waals surface area contributed by atoms with E-state index in [4.69, 9.17) is 4.74 Å². The Bertz CT molecular complexity index is 1290. The van der Waals surface area contributed by atoms with Crippen LogP contribution in [-0.4, -0.2) is 39.2 Å². The number of carbonyl (C=O) groups excluding carboxylic acids is 3. The van der Waals surface area contributed by atoms with Crippen LogP contribution in [-0.2, 0) is 32.5 Å². The quantitative estimate of drug-likeness (QED) is 0.313. The zero-order valence-electron chi connectivity index (χ0n) is 19.2. The van der Waals surface area contributed by atoms with E-state index in [0.717, 1.165) is 11.1 Å². The third kappa shape index (κ3) is 7.87. The second kappa shape index (κ2) is 12.0. The maximum absolute atomic E-state index is 12.6. The Morgan fingerprint density at radius 3 is 2.23 bits per heavy atom. The van der Waals surface area contributed by atoms with Crippen molar-refractivity contribution in [1.29, 1.82) is 0 Å². The predicted molar refractivity (Wildman–Crippen MR) is 130 cm³/mol. The highest BCUT2D eigenvalue weighted by Crippen LogP contribution is 2.14. The Kier molecular flexibility index (Phi) is 8.88. The maximum atomic E-state index is 12.6. The molecule has 0 saturated carbocycles. The van der Waals surface area contributed by atoms with Crippen LogP contribution in [0.3, 0.4) is 0 Å². The van der Waals surface area contributed by atoms with Crippen molar-refractivity contribution in [3.63, 3.8) is 0 Å².